The third-order valence-corrected chi connectivity index (χ3v) is 5.04. The summed E-state index contributed by atoms with van der Waals surface area (Å²) in [6.07, 6.45) is 2.12. The van der Waals surface area contributed by atoms with Crippen LogP contribution in [0, 0.1) is 0 Å². The summed E-state index contributed by atoms with van der Waals surface area (Å²) >= 11 is 0. The molecule has 4 rings (SSSR count). The van der Waals surface area contributed by atoms with Crippen molar-refractivity contribution in [3.05, 3.63) is 30.5 Å². The Balaban J connectivity index is 1.39. The molecule has 2 fully saturated rings. The maximum atomic E-state index is 12.3. The van der Waals surface area contributed by atoms with E-state index in [1.54, 1.807) is 0 Å². The number of fused-ring (bicyclic) bond motifs is 1. The number of rotatable bonds is 5. The van der Waals surface area contributed by atoms with Gasteiger partial charge in [-0.05, 0) is 24.3 Å². The Morgan fingerprint density at radius 3 is 2.85 bits per heavy atom. The molecule has 2 saturated heterocycles. The molecule has 7 nitrogen and oxygen atoms in total. The quantitative estimate of drug-likeness (QED) is 0.831. The van der Waals surface area contributed by atoms with Gasteiger partial charge in [0.2, 0.25) is 5.91 Å². The monoisotopic (exact) mass is 358 g/mol. The molecule has 1 aromatic carbocycles. The minimum Gasteiger partial charge on any atom is -0.379 e. The number of benzene rings is 1. The first-order valence-electron chi connectivity index (χ1n) is 9.30. The highest BCUT2D eigenvalue weighted by molar-refractivity contribution is 5.97. The average Bonchev–Trinajstić information content (AvgIpc) is 3.10. The van der Waals surface area contributed by atoms with Crippen molar-refractivity contribution in [2.45, 2.75) is 12.6 Å². The van der Waals surface area contributed by atoms with E-state index in [9.17, 15) is 4.79 Å². The number of anilines is 1. The second-order valence-corrected chi connectivity index (χ2v) is 6.81. The molecule has 7 heteroatoms. The SMILES string of the molecule is O=C(Nc1ccc2c(ccn2CCN2CCOCC2)c1)C1COCCN1. The number of nitrogens with zero attached hydrogens (tertiary/aromatic N) is 2. The fourth-order valence-corrected chi connectivity index (χ4v) is 3.51. The lowest BCUT2D eigenvalue weighted by Gasteiger charge is -2.26. The van der Waals surface area contributed by atoms with Crippen LogP contribution in [-0.2, 0) is 20.8 Å². The van der Waals surface area contributed by atoms with Gasteiger partial charge in [0.25, 0.3) is 0 Å². The molecule has 140 valence electrons. The van der Waals surface area contributed by atoms with Crippen molar-refractivity contribution in [3.63, 3.8) is 0 Å². The average molecular weight is 358 g/mol. The molecular weight excluding hydrogens is 332 g/mol. The highest BCUT2D eigenvalue weighted by Gasteiger charge is 2.21. The van der Waals surface area contributed by atoms with Gasteiger partial charge in [0.1, 0.15) is 6.04 Å². The van der Waals surface area contributed by atoms with Crippen LogP contribution in [0.2, 0.25) is 0 Å². The summed E-state index contributed by atoms with van der Waals surface area (Å²) in [6.45, 7) is 7.45. The Labute approximate surface area is 153 Å². The molecule has 26 heavy (non-hydrogen) atoms. The van der Waals surface area contributed by atoms with Gasteiger partial charge >= 0.3 is 0 Å². The van der Waals surface area contributed by atoms with Crippen LogP contribution in [-0.4, -0.2) is 74.0 Å². The number of nitrogens with one attached hydrogen (secondary N) is 2. The van der Waals surface area contributed by atoms with Crippen LogP contribution < -0.4 is 10.6 Å². The number of hydrogen-bond acceptors (Lipinski definition) is 5. The van der Waals surface area contributed by atoms with Crippen LogP contribution >= 0.6 is 0 Å². The Morgan fingerprint density at radius 2 is 2.04 bits per heavy atom. The lowest BCUT2D eigenvalue weighted by atomic mass is 10.2. The van der Waals surface area contributed by atoms with Crippen molar-refractivity contribution in [3.8, 4) is 0 Å². The van der Waals surface area contributed by atoms with Gasteiger partial charge in [-0.2, -0.15) is 0 Å². The molecule has 2 aliphatic heterocycles. The summed E-state index contributed by atoms with van der Waals surface area (Å²) in [5.41, 5.74) is 2.01. The molecule has 3 heterocycles. The molecular formula is C19H26N4O3. The maximum absolute atomic E-state index is 12.3. The van der Waals surface area contributed by atoms with E-state index in [-0.39, 0.29) is 11.9 Å². The first kappa shape index (κ1) is 17.5. The number of morpholine rings is 2. The molecule has 1 aromatic heterocycles. The molecule has 2 aromatic rings. The fourth-order valence-electron chi connectivity index (χ4n) is 3.51. The minimum atomic E-state index is -0.280. The van der Waals surface area contributed by atoms with Gasteiger partial charge in [-0.3, -0.25) is 9.69 Å². The number of ether oxygens (including phenoxy) is 2. The van der Waals surface area contributed by atoms with Crippen molar-refractivity contribution < 1.29 is 14.3 Å². The lowest BCUT2D eigenvalue weighted by molar-refractivity contribution is -0.120. The van der Waals surface area contributed by atoms with Gasteiger partial charge in [0.15, 0.2) is 0 Å². The molecule has 0 aliphatic carbocycles. The van der Waals surface area contributed by atoms with Crippen LogP contribution in [0.25, 0.3) is 10.9 Å². The minimum absolute atomic E-state index is 0.0456. The van der Waals surface area contributed by atoms with Crippen LogP contribution in [0.3, 0.4) is 0 Å². The first-order chi connectivity index (χ1) is 12.8. The third kappa shape index (κ3) is 4.07. The first-order valence-corrected chi connectivity index (χ1v) is 9.30. The van der Waals surface area contributed by atoms with Gasteiger partial charge in [0, 0.05) is 55.5 Å². The third-order valence-electron chi connectivity index (χ3n) is 5.04. The Hall–Kier alpha value is -1.93. The topological polar surface area (TPSA) is 67.8 Å². The van der Waals surface area contributed by atoms with E-state index in [4.69, 9.17) is 9.47 Å². The van der Waals surface area contributed by atoms with Crippen LogP contribution in [0.5, 0.6) is 0 Å². The van der Waals surface area contributed by atoms with Crippen molar-refractivity contribution in [1.29, 1.82) is 0 Å². The van der Waals surface area contributed by atoms with Crippen LogP contribution in [0.4, 0.5) is 5.69 Å². The molecule has 0 spiro atoms. The van der Waals surface area contributed by atoms with E-state index >= 15 is 0 Å². The molecule has 1 atom stereocenters. The summed E-state index contributed by atoms with van der Waals surface area (Å²) in [6, 6.07) is 7.90. The number of aromatic nitrogens is 1. The molecule has 0 saturated carbocycles. The zero-order chi connectivity index (χ0) is 17.8. The summed E-state index contributed by atoms with van der Waals surface area (Å²) in [7, 11) is 0. The van der Waals surface area contributed by atoms with E-state index in [0.29, 0.717) is 19.8 Å². The molecule has 0 bridgehead atoms. The van der Waals surface area contributed by atoms with E-state index in [1.807, 2.05) is 12.1 Å². The van der Waals surface area contributed by atoms with Crippen molar-refractivity contribution >= 4 is 22.5 Å². The molecule has 0 radical (unpaired) electrons. The number of carbonyl (C=O) groups excluding carboxylic acids is 1. The number of amides is 1. The van der Waals surface area contributed by atoms with Gasteiger partial charge in [-0.1, -0.05) is 0 Å². The predicted octanol–water partition coefficient (Wildman–Crippen LogP) is 0.900. The van der Waals surface area contributed by atoms with Crippen molar-refractivity contribution in [2.24, 2.45) is 0 Å². The highest BCUT2D eigenvalue weighted by Crippen LogP contribution is 2.21. The number of carbonyl (C=O) groups is 1. The van der Waals surface area contributed by atoms with Gasteiger partial charge in [-0.25, -0.2) is 0 Å². The van der Waals surface area contributed by atoms with E-state index in [1.165, 1.54) is 5.52 Å². The Kier molecular flexibility index (Phi) is 5.50. The van der Waals surface area contributed by atoms with E-state index < -0.39 is 0 Å². The lowest BCUT2D eigenvalue weighted by Crippen LogP contribution is -2.48. The van der Waals surface area contributed by atoms with Gasteiger partial charge in [0.05, 0.1) is 26.4 Å². The van der Waals surface area contributed by atoms with Crippen molar-refractivity contribution in [2.75, 3.05) is 57.9 Å². The Morgan fingerprint density at radius 1 is 1.15 bits per heavy atom. The van der Waals surface area contributed by atoms with Gasteiger partial charge in [-0.15, -0.1) is 0 Å². The zero-order valence-electron chi connectivity index (χ0n) is 14.9. The second-order valence-electron chi connectivity index (χ2n) is 6.81. The highest BCUT2D eigenvalue weighted by atomic mass is 16.5. The van der Waals surface area contributed by atoms with Crippen LogP contribution in [0.1, 0.15) is 0 Å². The molecule has 1 unspecified atom stereocenters. The summed E-state index contributed by atoms with van der Waals surface area (Å²) in [5.74, 6) is -0.0456. The molecule has 2 aliphatic rings. The maximum Gasteiger partial charge on any atom is 0.243 e. The summed E-state index contributed by atoms with van der Waals surface area (Å²) in [5, 5.41) is 7.29. The second kappa shape index (κ2) is 8.18. The Bertz CT molecular complexity index is 748. The normalized spacial score (nSPS) is 21.8. The molecule has 1 amide bonds. The fraction of sp³-hybridized carbons (Fsp3) is 0.526. The van der Waals surface area contributed by atoms with Crippen LogP contribution in [0.15, 0.2) is 30.5 Å². The summed E-state index contributed by atoms with van der Waals surface area (Å²) < 4.78 is 13.0. The smallest absolute Gasteiger partial charge is 0.243 e. The standard InChI is InChI=1S/C19H26N4O3/c24-19(17-14-26-10-4-20-17)21-16-1-2-18-15(13-16)3-5-23(18)7-6-22-8-11-25-12-9-22/h1-3,5,13,17,20H,4,6-12,14H2,(H,21,24). The number of hydrogen-bond donors (Lipinski definition) is 2. The van der Waals surface area contributed by atoms with E-state index in [0.717, 1.165) is 50.5 Å². The van der Waals surface area contributed by atoms with Gasteiger partial charge < -0.3 is 24.7 Å². The summed E-state index contributed by atoms with van der Waals surface area (Å²) in [4.78, 5) is 14.7. The largest absolute Gasteiger partial charge is 0.379 e. The molecule has 2 N–H and O–H groups in total. The zero-order valence-corrected chi connectivity index (χ0v) is 14.9. The predicted molar refractivity (Wildman–Crippen MR) is 100 cm³/mol. The van der Waals surface area contributed by atoms with Crippen molar-refractivity contribution in [1.82, 2.24) is 14.8 Å². The van der Waals surface area contributed by atoms with E-state index in [2.05, 4.69) is 38.4 Å².